The number of hydrogen-bond donors (Lipinski definition) is 0. The molecule has 0 amide bonds. The number of nitriles is 1. The number of nitrogens with zero attached hydrogens (tertiary/aromatic N) is 2. The number of aromatic nitrogens is 1. The molecule has 18 heavy (non-hydrogen) atoms. The van der Waals surface area contributed by atoms with E-state index in [-0.39, 0.29) is 16.5 Å². The molecule has 1 aromatic heterocycles. The number of methoxy groups -OCH3 is 1. The number of hydrogen-bond acceptors (Lipinski definition) is 4. The highest BCUT2D eigenvalue weighted by atomic mass is 79.9. The van der Waals surface area contributed by atoms with E-state index in [0.29, 0.717) is 5.69 Å². The van der Waals surface area contributed by atoms with Crippen LogP contribution in [0.4, 0.5) is 8.78 Å². The molecule has 0 aromatic carbocycles. The predicted octanol–water partition coefficient (Wildman–Crippen LogP) is 2.50. The molecule has 0 saturated carbocycles. The number of alkyl halides is 3. The lowest BCUT2D eigenvalue weighted by Crippen LogP contribution is -2.11. The number of rotatable bonds is 4. The van der Waals surface area contributed by atoms with Gasteiger partial charge in [0.1, 0.15) is 5.69 Å². The minimum absolute atomic E-state index is 0.0140. The van der Waals surface area contributed by atoms with Gasteiger partial charge in [-0.2, -0.15) is 5.26 Å². The molecular weight excluding hydrogens is 310 g/mol. The molecule has 0 radical (unpaired) electrons. The van der Waals surface area contributed by atoms with Gasteiger partial charge in [0.15, 0.2) is 0 Å². The van der Waals surface area contributed by atoms with E-state index < -0.39 is 24.5 Å². The number of halogens is 3. The summed E-state index contributed by atoms with van der Waals surface area (Å²) < 4.78 is 30.2. The fourth-order valence-electron chi connectivity index (χ4n) is 1.40. The fourth-order valence-corrected chi connectivity index (χ4v) is 1.68. The van der Waals surface area contributed by atoms with E-state index in [4.69, 9.17) is 5.26 Å². The summed E-state index contributed by atoms with van der Waals surface area (Å²) in [5.74, 6) is -0.693. The molecule has 1 rings (SSSR count). The van der Waals surface area contributed by atoms with Crippen LogP contribution < -0.4 is 0 Å². The van der Waals surface area contributed by atoms with Crippen LogP contribution in [0.15, 0.2) is 6.07 Å². The summed E-state index contributed by atoms with van der Waals surface area (Å²) in [5.41, 5.74) is -0.298. The van der Waals surface area contributed by atoms with Crippen molar-refractivity contribution in [2.45, 2.75) is 18.2 Å². The molecule has 0 unspecified atom stereocenters. The van der Waals surface area contributed by atoms with Crippen molar-refractivity contribution in [3.05, 3.63) is 28.6 Å². The summed E-state index contributed by atoms with van der Waals surface area (Å²) in [6.45, 7) is 0. The minimum atomic E-state index is -2.85. The molecule has 0 aliphatic carbocycles. The number of carbonyl (C=O) groups excluding carboxylic acids is 1. The Kier molecular flexibility index (Phi) is 5.16. The highest BCUT2D eigenvalue weighted by Crippen LogP contribution is 2.25. The van der Waals surface area contributed by atoms with E-state index in [0.717, 1.165) is 7.11 Å². The lowest BCUT2D eigenvalue weighted by atomic mass is 10.0. The first-order valence-corrected chi connectivity index (χ1v) is 5.99. The van der Waals surface area contributed by atoms with Crippen LogP contribution in [-0.4, -0.2) is 18.1 Å². The molecule has 0 aliphatic rings. The fraction of sp³-hybridized carbons (Fsp3) is 0.364. The van der Waals surface area contributed by atoms with Gasteiger partial charge in [0.05, 0.1) is 30.9 Å². The molecule has 0 aliphatic heterocycles. The Morgan fingerprint density at radius 3 is 2.78 bits per heavy atom. The van der Waals surface area contributed by atoms with Gasteiger partial charge in [-0.3, -0.25) is 9.78 Å². The van der Waals surface area contributed by atoms with Gasteiger partial charge >= 0.3 is 5.97 Å². The Hall–Kier alpha value is -1.55. The van der Waals surface area contributed by atoms with Gasteiger partial charge in [-0.1, -0.05) is 15.9 Å². The molecule has 0 saturated heterocycles. The second kappa shape index (κ2) is 6.40. The van der Waals surface area contributed by atoms with Gasteiger partial charge in [0.25, 0.3) is 6.43 Å². The Morgan fingerprint density at radius 2 is 2.33 bits per heavy atom. The third kappa shape index (κ3) is 3.23. The first-order chi connectivity index (χ1) is 8.53. The van der Waals surface area contributed by atoms with E-state index in [1.807, 2.05) is 0 Å². The van der Waals surface area contributed by atoms with Gasteiger partial charge in [-0.05, 0) is 6.07 Å². The molecule has 0 spiro atoms. The topological polar surface area (TPSA) is 63.0 Å². The maximum absolute atomic E-state index is 12.9. The van der Waals surface area contributed by atoms with Gasteiger partial charge in [0.2, 0.25) is 0 Å². The van der Waals surface area contributed by atoms with E-state index in [2.05, 4.69) is 25.7 Å². The van der Waals surface area contributed by atoms with Crippen molar-refractivity contribution in [1.82, 2.24) is 4.98 Å². The summed E-state index contributed by atoms with van der Waals surface area (Å²) in [6.07, 6.45) is -3.25. The van der Waals surface area contributed by atoms with E-state index >= 15 is 0 Å². The Morgan fingerprint density at radius 1 is 1.67 bits per heavy atom. The van der Waals surface area contributed by atoms with Gasteiger partial charge in [0, 0.05) is 10.9 Å². The number of ether oxygens (including phenoxy) is 1. The zero-order valence-corrected chi connectivity index (χ0v) is 11.0. The minimum Gasteiger partial charge on any atom is -0.469 e. The zero-order valence-electron chi connectivity index (χ0n) is 9.41. The lowest BCUT2D eigenvalue weighted by molar-refractivity contribution is -0.139. The lowest BCUT2D eigenvalue weighted by Gasteiger charge is -2.10. The quantitative estimate of drug-likeness (QED) is 0.632. The van der Waals surface area contributed by atoms with Gasteiger partial charge < -0.3 is 4.74 Å². The smallest absolute Gasteiger partial charge is 0.310 e. The maximum atomic E-state index is 12.9. The monoisotopic (exact) mass is 318 g/mol. The molecule has 7 heteroatoms. The summed E-state index contributed by atoms with van der Waals surface area (Å²) in [7, 11) is 1.15. The van der Waals surface area contributed by atoms with E-state index in [9.17, 15) is 13.6 Å². The molecule has 0 N–H and O–H groups in total. The van der Waals surface area contributed by atoms with Crippen molar-refractivity contribution in [1.29, 1.82) is 5.26 Å². The molecule has 4 nitrogen and oxygen atoms in total. The maximum Gasteiger partial charge on any atom is 0.310 e. The van der Waals surface area contributed by atoms with Crippen LogP contribution in [0.5, 0.6) is 0 Å². The van der Waals surface area contributed by atoms with Gasteiger partial charge in [-0.15, -0.1) is 0 Å². The van der Waals surface area contributed by atoms with Crippen molar-refractivity contribution in [2.24, 2.45) is 0 Å². The van der Waals surface area contributed by atoms with Crippen LogP contribution in [0.1, 0.15) is 28.9 Å². The van der Waals surface area contributed by atoms with Crippen LogP contribution in [0, 0.1) is 11.3 Å². The third-order valence-electron chi connectivity index (χ3n) is 2.22. The number of pyridine rings is 1. The number of esters is 1. The third-order valence-corrected chi connectivity index (χ3v) is 2.80. The normalized spacial score (nSPS) is 10.2. The Bertz CT molecular complexity index is 501. The van der Waals surface area contributed by atoms with Crippen LogP contribution in [-0.2, 0) is 21.3 Å². The second-order valence-electron chi connectivity index (χ2n) is 3.32. The summed E-state index contributed by atoms with van der Waals surface area (Å²) >= 11 is 3.08. The SMILES string of the molecule is COC(=O)Cc1c(C#N)cc(CBr)nc1C(F)F. The van der Waals surface area contributed by atoms with Crippen molar-refractivity contribution in [3.63, 3.8) is 0 Å². The average molecular weight is 319 g/mol. The zero-order chi connectivity index (χ0) is 13.7. The van der Waals surface area contributed by atoms with Crippen molar-refractivity contribution >= 4 is 21.9 Å². The van der Waals surface area contributed by atoms with Crippen molar-refractivity contribution < 1.29 is 18.3 Å². The average Bonchev–Trinajstić information content (AvgIpc) is 2.38. The van der Waals surface area contributed by atoms with Crippen LogP contribution in [0.25, 0.3) is 0 Å². The molecule has 0 fully saturated rings. The highest BCUT2D eigenvalue weighted by Gasteiger charge is 2.22. The van der Waals surface area contributed by atoms with Gasteiger partial charge in [-0.25, -0.2) is 8.78 Å². The standard InChI is InChI=1S/C11H9BrF2N2O2/c1-18-9(17)3-8-6(5-15)2-7(4-12)16-10(8)11(13)14/h2,11H,3-4H2,1H3. The summed E-state index contributed by atoms with van der Waals surface area (Å²) in [6, 6.07) is 3.17. The molecule has 96 valence electrons. The second-order valence-corrected chi connectivity index (χ2v) is 3.88. The molecular formula is C11H9BrF2N2O2. The van der Waals surface area contributed by atoms with E-state index in [1.54, 1.807) is 6.07 Å². The Balaban J connectivity index is 3.36. The molecule has 0 atom stereocenters. The predicted molar refractivity (Wildman–Crippen MR) is 62.3 cm³/mol. The first kappa shape index (κ1) is 14.5. The molecule has 1 aromatic rings. The van der Waals surface area contributed by atoms with Crippen molar-refractivity contribution in [2.75, 3.05) is 7.11 Å². The van der Waals surface area contributed by atoms with Crippen LogP contribution >= 0.6 is 15.9 Å². The van der Waals surface area contributed by atoms with Crippen molar-refractivity contribution in [3.8, 4) is 6.07 Å². The molecule has 1 heterocycles. The first-order valence-electron chi connectivity index (χ1n) is 4.87. The van der Waals surface area contributed by atoms with E-state index in [1.165, 1.54) is 6.07 Å². The summed E-state index contributed by atoms with van der Waals surface area (Å²) in [5, 5.41) is 9.19. The van der Waals surface area contributed by atoms with Crippen LogP contribution in [0.3, 0.4) is 0 Å². The molecule has 0 bridgehead atoms. The number of carbonyl (C=O) groups is 1. The van der Waals surface area contributed by atoms with Crippen LogP contribution in [0.2, 0.25) is 0 Å². The largest absolute Gasteiger partial charge is 0.469 e. The summed E-state index contributed by atoms with van der Waals surface area (Å²) in [4.78, 5) is 14.9. The highest BCUT2D eigenvalue weighted by molar-refractivity contribution is 9.08. The Labute approximate surface area is 111 Å².